The van der Waals surface area contributed by atoms with Crippen molar-refractivity contribution < 1.29 is 19.2 Å². The molecule has 0 aliphatic heterocycles. The lowest BCUT2D eigenvalue weighted by Gasteiger charge is -2.33. The molecule has 1 atom stereocenters. The first-order valence-corrected chi connectivity index (χ1v) is 11.1. The van der Waals surface area contributed by atoms with Crippen LogP contribution >= 0.6 is 0 Å². The first-order chi connectivity index (χ1) is 14.7. The van der Waals surface area contributed by atoms with Crippen molar-refractivity contribution in [1.29, 1.82) is 0 Å². The van der Waals surface area contributed by atoms with Crippen molar-refractivity contribution in [2.24, 2.45) is 5.41 Å². The van der Waals surface area contributed by atoms with E-state index < -0.39 is 11.0 Å². The molecule has 0 amide bonds. The summed E-state index contributed by atoms with van der Waals surface area (Å²) in [6.45, 7) is 12.7. The molecule has 32 heavy (non-hydrogen) atoms. The molecule has 0 saturated heterocycles. The van der Waals surface area contributed by atoms with Gasteiger partial charge >= 0.3 is 0 Å². The fourth-order valence-electron chi connectivity index (χ4n) is 4.53. The van der Waals surface area contributed by atoms with Crippen LogP contribution < -0.4 is 4.74 Å². The number of hydrogen-bond donors (Lipinski definition) is 1. The molecule has 2 aromatic rings. The molecule has 176 valence electrons. The Kier molecular flexibility index (Phi) is 8.07. The van der Waals surface area contributed by atoms with Crippen molar-refractivity contribution >= 4 is 5.69 Å². The van der Waals surface area contributed by atoms with Crippen molar-refractivity contribution in [3.8, 4) is 5.75 Å². The number of rotatable bonds is 10. The highest BCUT2D eigenvalue weighted by molar-refractivity contribution is 5.33. The zero-order valence-electron chi connectivity index (χ0n) is 20.6. The van der Waals surface area contributed by atoms with Gasteiger partial charge in [0.1, 0.15) is 31.5 Å². The standard InChI is InChI=1S/C26H39N2O4/c1-25(2,3)19-26(4,5)21-10-14-24(15-11-21)32-18-23(29)17-28(6,7)16-20-8-12-22(13-9-20)27(30)31/h8-15,23,29H,16-19H2,1-7H3/q+1. The minimum absolute atomic E-state index is 0.0790. The van der Waals surface area contributed by atoms with E-state index in [1.165, 1.54) is 17.7 Å². The van der Waals surface area contributed by atoms with Gasteiger partial charge in [0.05, 0.1) is 19.0 Å². The molecule has 0 radical (unpaired) electrons. The molecule has 0 bridgehead atoms. The number of ether oxygens (including phenoxy) is 1. The zero-order chi connectivity index (χ0) is 24.2. The van der Waals surface area contributed by atoms with E-state index in [2.05, 4.69) is 46.8 Å². The van der Waals surface area contributed by atoms with Crippen LogP contribution in [0.15, 0.2) is 48.5 Å². The smallest absolute Gasteiger partial charge is 0.269 e. The Labute approximate surface area is 192 Å². The van der Waals surface area contributed by atoms with Crippen LogP contribution in [-0.2, 0) is 12.0 Å². The van der Waals surface area contributed by atoms with Gasteiger partial charge in [-0.15, -0.1) is 0 Å². The van der Waals surface area contributed by atoms with Gasteiger partial charge in [0, 0.05) is 17.7 Å². The number of aliphatic hydroxyl groups is 1. The van der Waals surface area contributed by atoms with E-state index in [0.29, 0.717) is 17.6 Å². The van der Waals surface area contributed by atoms with Gasteiger partial charge in [0.2, 0.25) is 0 Å². The summed E-state index contributed by atoms with van der Waals surface area (Å²) in [7, 11) is 4.05. The lowest BCUT2D eigenvalue weighted by molar-refractivity contribution is -0.906. The Morgan fingerprint density at radius 3 is 2.06 bits per heavy atom. The summed E-state index contributed by atoms with van der Waals surface area (Å²) in [4.78, 5) is 10.4. The molecule has 0 fully saturated rings. The van der Waals surface area contributed by atoms with Gasteiger partial charge in [-0.05, 0) is 47.1 Å². The normalized spacial score (nSPS) is 13.6. The summed E-state index contributed by atoms with van der Waals surface area (Å²) < 4.78 is 6.38. The SMILES string of the molecule is CC(C)(C)CC(C)(C)c1ccc(OCC(O)C[N+](C)(C)Cc2ccc([N+](=O)[O-])cc2)cc1. The fourth-order valence-corrected chi connectivity index (χ4v) is 4.53. The number of likely N-dealkylation sites (N-methyl/N-ethyl adjacent to an activating group) is 1. The summed E-state index contributed by atoms with van der Waals surface area (Å²) in [5.74, 6) is 0.750. The number of nitro groups is 1. The maximum atomic E-state index is 10.8. The summed E-state index contributed by atoms with van der Waals surface area (Å²) in [5, 5.41) is 21.3. The molecule has 2 rings (SSSR count). The van der Waals surface area contributed by atoms with Crippen LogP contribution in [0.2, 0.25) is 0 Å². The monoisotopic (exact) mass is 443 g/mol. The molecule has 0 aromatic heterocycles. The largest absolute Gasteiger partial charge is 0.491 e. The summed E-state index contributed by atoms with van der Waals surface area (Å²) in [6, 6.07) is 14.7. The van der Waals surface area contributed by atoms with Crippen LogP contribution in [0.4, 0.5) is 5.69 Å². The maximum Gasteiger partial charge on any atom is 0.269 e. The first-order valence-electron chi connectivity index (χ1n) is 11.1. The van der Waals surface area contributed by atoms with Crippen LogP contribution in [0.3, 0.4) is 0 Å². The number of non-ortho nitro benzene ring substituents is 1. The maximum absolute atomic E-state index is 10.8. The minimum atomic E-state index is -0.625. The molecule has 6 heteroatoms. The predicted molar refractivity (Wildman–Crippen MR) is 129 cm³/mol. The Morgan fingerprint density at radius 1 is 1.00 bits per heavy atom. The first kappa shape index (κ1) is 25.8. The Balaban J connectivity index is 1.88. The number of hydrogen-bond acceptors (Lipinski definition) is 4. The third-order valence-corrected chi connectivity index (χ3v) is 5.51. The van der Waals surface area contributed by atoms with Crippen LogP contribution in [0.5, 0.6) is 5.75 Å². The molecular formula is C26H39N2O4+. The Bertz CT molecular complexity index is 882. The van der Waals surface area contributed by atoms with E-state index in [9.17, 15) is 15.2 Å². The molecule has 0 heterocycles. The van der Waals surface area contributed by atoms with Crippen LogP contribution in [0.1, 0.15) is 52.2 Å². The topological polar surface area (TPSA) is 72.6 Å². The molecule has 0 aliphatic rings. The van der Waals surface area contributed by atoms with Crippen molar-refractivity contribution in [3.63, 3.8) is 0 Å². The molecule has 6 nitrogen and oxygen atoms in total. The molecule has 1 unspecified atom stereocenters. The lowest BCUT2D eigenvalue weighted by Crippen LogP contribution is -2.46. The highest BCUT2D eigenvalue weighted by Crippen LogP contribution is 2.36. The second-order valence-corrected chi connectivity index (χ2v) is 11.3. The lowest BCUT2D eigenvalue weighted by atomic mass is 9.72. The second kappa shape index (κ2) is 10.0. The second-order valence-electron chi connectivity index (χ2n) is 11.3. The number of benzene rings is 2. The third kappa shape index (κ3) is 8.24. The average Bonchev–Trinajstić information content (AvgIpc) is 2.64. The van der Waals surface area contributed by atoms with Gasteiger partial charge in [-0.1, -0.05) is 46.8 Å². The highest BCUT2D eigenvalue weighted by Gasteiger charge is 2.27. The third-order valence-electron chi connectivity index (χ3n) is 5.51. The number of nitro benzene ring substituents is 1. The van der Waals surface area contributed by atoms with E-state index in [4.69, 9.17) is 4.74 Å². The quantitative estimate of drug-likeness (QED) is 0.306. The zero-order valence-corrected chi connectivity index (χ0v) is 20.6. The van der Waals surface area contributed by atoms with E-state index in [1.54, 1.807) is 12.1 Å². The van der Waals surface area contributed by atoms with E-state index >= 15 is 0 Å². The highest BCUT2D eigenvalue weighted by atomic mass is 16.6. The molecular weight excluding hydrogens is 404 g/mol. The minimum Gasteiger partial charge on any atom is -0.491 e. The van der Waals surface area contributed by atoms with E-state index in [-0.39, 0.29) is 23.1 Å². The molecule has 0 aliphatic carbocycles. The van der Waals surface area contributed by atoms with Gasteiger partial charge in [0.25, 0.3) is 5.69 Å². The van der Waals surface area contributed by atoms with Crippen molar-refractivity contribution in [3.05, 3.63) is 69.8 Å². The Hall–Kier alpha value is -2.44. The van der Waals surface area contributed by atoms with Gasteiger partial charge in [0.15, 0.2) is 0 Å². The van der Waals surface area contributed by atoms with Crippen molar-refractivity contribution in [2.75, 3.05) is 27.2 Å². The van der Waals surface area contributed by atoms with E-state index in [1.807, 2.05) is 26.2 Å². The van der Waals surface area contributed by atoms with Crippen LogP contribution in [0, 0.1) is 15.5 Å². The van der Waals surface area contributed by atoms with Gasteiger partial charge in [-0.3, -0.25) is 10.1 Å². The van der Waals surface area contributed by atoms with Crippen LogP contribution in [0.25, 0.3) is 0 Å². The number of nitrogens with zero attached hydrogens (tertiary/aromatic N) is 2. The van der Waals surface area contributed by atoms with Gasteiger partial charge < -0.3 is 14.3 Å². The summed E-state index contributed by atoms with van der Waals surface area (Å²) in [5.41, 5.74) is 2.68. The van der Waals surface area contributed by atoms with Crippen molar-refractivity contribution in [1.82, 2.24) is 0 Å². The van der Waals surface area contributed by atoms with Crippen molar-refractivity contribution in [2.45, 2.75) is 59.1 Å². The molecule has 1 N–H and O–H groups in total. The van der Waals surface area contributed by atoms with Gasteiger partial charge in [-0.2, -0.15) is 0 Å². The average molecular weight is 444 g/mol. The molecule has 0 spiro atoms. The number of quaternary nitrogens is 1. The van der Waals surface area contributed by atoms with E-state index in [0.717, 1.165) is 17.7 Å². The fraction of sp³-hybridized carbons (Fsp3) is 0.538. The van der Waals surface area contributed by atoms with Crippen LogP contribution in [-0.4, -0.2) is 47.9 Å². The molecule has 2 aromatic carbocycles. The Morgan fingerprint density at radius 2 is 1.56 bits per heavy atom. The predicted octanol–water partition coefficient (Wildman–Crippen LogP) is 5.32. The van der Waals surface area contributed by atoms with Gasteiger partial charge in [-0.25, -0.2) is 0 Å². The number of aliphatic hydroxyl groups excluding tert-OH is 1. The summed E-state index contributed by atoms with van der Waals surface area (Å²) >= 11 is 0. The summed E-state index contributed by atoms with van der Waals surface area (Å²) in [6.07, 6.45) is 0.459. The molecule has 0 saturated carbocycles.